The monoisotopic (exact) mass is 259 g/mol. The van der Waals surface area contributed by atoms with Crippen molar-refractivity contribution in [1.82, 2.24) is 4.98 Å². The van der Waals surface area contributed by atoms with Crippen LogP contribution in [0.3, 0.4) is 0 Å². The van der Waals surface area contributed by atoms with Gasteiger partial charge in [-0.3, -0.25) is 0 Å². The minimum Gasteiger partial charge on any atom is -0.857 e. The molecule has 0 bridgehead atoms. The van der Waals surface area contributed by atoms with Gasteiger partial charge >= 0.3 is 0 Å². The van der Waals surface area contributed by atoms with E-state index in [1.54, 1.807) is 5.38 Å². The summed E-state index contributed by atoms with van der Waals surface area (Å²) in [6, 6.07) is 6.02. The minimum atomic E-state index is -0.276. The zero-order valence-corrected chi connectivity index (χ0v) is 10.7. The van der Waals surface area contributed by atoms with E-state index in [0.29, 0.717) is 5.69 Å². The van der Waals surface area contributed by atoms with Crippen molar-refractivity contribution < 1.29 is 9.84 Å². The van der Waals surface area contributed by atoms with Crippen molar-refractivity contribution in [2.24, 2.45) is 4.99 Å². The van der Waals surface area contributed by atoms with Gasteiger partial charge in [-0.25, -0.2) is 4.98 Å². The lowest BCUT2D eigenvalue weighted by molar-refractivity contribution is -0.213. The first-order valence-electron chi connectivity index (χ1n) is 5.64. The highest BCUT2D eigenvalue weighted by Gasteiger charge is 2.14. The third kappa shape index (κ3) is 1.86. The normalized spacial score (nSPS) is 14.4. The SMILES string of the molecule is CN=C([O-])c1csc(-c2ccc3c(c2)CCO3)n1. The zero-order valence-electron chi connectivity index (χ0n) is 9.84. The summed E-state index contributed by atoms with van der Waals surface area (Å²) in [5.74, 6) is 0.678. The van der Waals surface area contributed by atoms with Crippen LogP contribution in [-0.4, -0.2) is 24.5 Å². The predicted molar refractivity (Wildman–Crippen MR) is 69.2 cm³/mol. The van der Waals surface area contributed by atoms with Crippen molar-refractivity contribution in [1.29, 1.82) is 0 Å². The molecule has 2 heterocycles. The number of benzene rings is 1. The fourth-order valence-electron chi connectivity index (χ4n) is 1.94. The van der Waals surface area contributed by atoms with Crippen molar-refractivity contribution >= 4 is 17.2 Å². The number of rotatable bonds is 2. The van der Waals surface area contributed by atoms with Crippen LogP contribution in [0.25, 0.3) is 10.6 Å². The first kappa shape index (κ1) is 11.2. The van der Waals surface area contributed by atoms with Gasteiger partial charge in [0.1, 0.15) is 10.8 Å². The summed E-state index contributed by atoms with van der Waals surface area (Å²) in [5.41, 5.74) is 2.64. The number of hydrogen-bond donors (Lipinski definition) is 0. The first-order valence-corrected chi connectivity index (χ1v) is 6.51. The average Bonchev–Trinajstić information content (AvgIpc) is 3.05. The molecule has 0 saturated carbocycles. The summed E-state index contributed by atoms with van der Waals surface area (Å²) < 4.78 is 5.46. The van der Waals surface area contributed by atoms with Gasteiger partial charge in [-0.15, -0.1) is 11.3 Å². The maximum Gasteiger partial charge on any atom is 0.124 e. The molecule has 4 nitrogen and oxygen atoms in total. The van der Waals surface area contributed by atoms with E-state index >= 15 is 0 Å². The molecule has 0 saturated heterocycles. The molecule has 5 heteroatoms. The third-order valence-electron chi connectivity index (χ3n) is 2.86. The molecule has 92 valence electrons. The molecule has 0 amide bonds. The van der Waals surface area contributed by atoms with Crippen LogP contribution >= 0.6 is 11.3 Å². The molecule has 3 rings (SSSR count). The van der Waals surface area contributed by atoms with Crippen LogP contribution in [0.5, 0.6) is 5.75 Å². The number of ether oxygens (including phenoxy) is 1. The highest BCUT2D eigenvalue weighted by atomic mass is 32.1. The molecule has 0 N–H and O–H groups in total. The molecule has 0 spiro atoms. The Morgan fingerprint density at radius 3 is 3.22 bits per heavy atom. The largest absolute Gasteiger partial charge is 0.857 e. The lowest BCUT2D eigenvalue weighted by Crippen LogP contribution is -2.18. The number of aliphatic imine (C=N–C) groups is 1. The molecule has 2 aromatic rings. The number of nitrogens with zero attached hydrogens (tertiary/aromatic N) is 2. The van der Waals surface area contributed by atoms with Crippen LogP contribution in [0.15, 0.2) is 28.6 Å². The highest BCUT2D eigenvalue weighted by Crippen LogP contribution is 2.31. The smallest absolute Gasteiger partial charge is 0.124 e. The molecule has 1 aliphatic rings. The molecule has 0 fully saturated rings. The Hall–Kier alpha value is -1.88. The van der Waals surface area contributed by atoms with Crippen molar-refractivity contribution in [2.75, 3.05) is 13.7 Å². The Labute approximate surface area is 109 Å². The topological polar surface area (TPSA) is 57.5 Å². The molecule has 0 unspecified atom stereocenters. The second kappa shape index (κ2) is 4.42. The molecule has 1 aromatic carbocycles. The summed E-state index contributed by atoms with van der Waals surface area (Å²) in [7, 11) is 1.48. The maximum absolute atomic E-state index is 11.4. The summed E-state index contributed by atoms with van der Waals surface area (Å²) in [6.45, 7) is 0.745. The molecule has 18 heavy (non-hydrogen) atoms. The molecular weight excluding hydrogens is 248 g/mol. The fourth-order valence-corrected chi connectivity index (χ4v) is 2.73. The van der Waals surface area contributed by atoms with Crippen LogP contribution < -0.4 is 9.84 Å². The van der Waals surface area contributed by atoms with Crippen LogP contribution in [0.2, 0.25) is 0 Å². The highest BCUT2D eigenvalue weighted by molar-refractivity contribution is 7.13. The van der Waals surface area contributed by atoms with Gasteiger partial charge in [-0.2, -0.15) is 0 Å². The van der Waals surface area contributed by atoms with Gasteiger partial charge in [0.25, 0.3) is 0 Å². The predicted octanol–water partition coefficient (Wildman–Crippen LogP) is 1.48. The molecule has 1 aliphatic heterocycles. The van der Waals surface area contributed by atoms with Crippen LogP contribution in [0.1, 0.15) is 11.3 Å². The van der Waals surface area contributed by atoms with E-state index in [4.69, 9.17) is 4.74 Å². The minimum absolute atomic E-state index is 0.276. The van der Waals surface area contributed by atoms with E-state index in [1.165, 1.54) is 23.9 Å². The van der Waals surface area contributed by atoms with Crippen LogP contribution in [0.4, 0.5) is 0 Å². The van der Waals surface area contributed by atoms with Crippen LogP contribution in [0, 0.1) is 0 Å². The first-order chi connectivity index (χ1) is 8.78. The summed E-state index contributed by atoms with van der Waals surface area (Å²) >= 11 is 1.46. The van der Waals surface area contributed by atoms with E-state index in [-0.39, 0.29) is 5.90 Å². The van der Waals surface area contributed by atoms with E-state index in [1.807, 2.05) is 12.1 Å². The van der Waals surface area contributed by atoms with E-state index in [0.717, 1.165) is 29.3 Å². The van der Waals surface area contributed by atoms with Gasteiger partial charge in [-0.1, -0.05) is 0 Å². The number of aromatic nitrogens is 1. The lowest BCUT2D eigenvalue weighted by atomic mass is 10.1. The van der Waals surface area contributed by atoms with Gasteiger partial charge in [0.15, 0.2) is 0 Å². The van der Waals surface area contributed by atoms with Crippen LogP contribution in [-0.2, 0) is 6.42 Å². The Morgan fingerprint density at radius 1 is 1.50 bits per heavy atom. The van der Waals surface area contributed by atoms with Crippen molar-refractivity contribution in [3.8, 4) is 16.3 Å². The second-order valence-corrected chi connectivity index (χ2v) is 4.85. The molecule has 0 aliphatic carbocycles. The third-order valence-corrected chi connectivity index (χ3v) is 3.75. The molecule has 0 radical (unpaired) electrons. The Morgan fingerprint density at radius 2 is 2.39 bits per heavy atom. The second-order valence-electron chi connectivity index (χ2n) is 3.99. The Bertz CT molecular complexity index is 619. The fraction of sp³-hybridized carbons (Fsp3) is 0.231. The van der Waals surface area contributed by atoms with Gasteiger partial charge in [0, 0.05) is 30.3 Å². The number of thiazole rings is 1. The average molecular weight is 259 g/mol. The number of fused-ring (bicyclic) bond motifs is 1. The van der Waals surface area contributed by atoms with Crippen molar-refractivity contribution in [3.63, 3.8) is 0 Å². The van der Waals surface area contributed by atoms with E-state index in [2.05, 4.69) is 16.0 Å². The number of hydrogen-bond acceptors (Lipinski definition) is 5. The lowest BCUT2D eigenvalue weighted by Gasteiger charge is -2.04. The Kier molecular flexibility index (Phi) is 2.76. The Balaban J connectivity index is 1.97. The van der Waals surface area contributed by atoms with Gasteiger partial charge in [0.2, 0.25) is 0 Å². The molecule has 1 aromatic heterocycles. The standard InChI is InChI=1S/C13H12N2O2S/c1-14-12(16)10-7-18-13(15-10)9-2-3-11-8(6-9)4-5-17-11/h2-3,6-7H,4-5H2,1H3,(H,14,16)/p-1. The zero-order chi connectivity index (χ0) is 12.5. The molecular formula is C13H11N2O2S-. The van der Waals surface area contributed by atoms with E-state index < -0.39 is 0 Å². The summed E-state index contributed by atoms with van der Waals surface area (Å²) in [4.78, 5) is 7.92. The van der Waals surface area contributed by atoms with Crippen molar-refractivity contribution in [3.05, 3.63) is 34.8 Å². The summed E-state index contributed by atoms with van der Waals surface area (Å²) in [6.07, 6.45) is 0.935. The van der Waals surface area contributed by atoms with Crippen molar-refractivity contribution in [2.45, 2.75) is 6.42 Å². The maximum atomic E-state index is 11.4. The summed E-state index contributed by atoms with van der Waals surface area (Å²) in [5, 5.41) is 14.0. The molecule has 0 atom stereocenters. The van der Waals surface area contributed by atoms with Gasteiger partial charge in [0.05, 0.1) is 12.3 Å². The van der Waals surface area contributed by atoms with Gasteiger partial charge < -0.3 is 14.8 Å². The quantitative estimate of drug-likeness (QED) is 0.606. The van der Waals surface area contributed by atoms with E-state index in [9.17, 15) is 5.11 Å². The van der Waals surface area contributed by atoms with Gasteiger partial charge in [-0.05, 0) is 23.8 Å².